The minimum Gasteiger partial charge on any atom is -0.406 e. The Morgan fingerprint density at radius 3 is 2.41 bits per heavy atom. The maximum atomic E-state index is 12.6. The second kappa shape index (κ2) is 10.5. The van der Waals surface area contributed by atoms with Gasteiger partial charge >= 0.3 is 12.4 Å². The Balaban J connectivity index is 2.10. The summed E-state index contributed by atoms with van der Waals surface area (Å²) in [5, 5.41) is 11.4. The lowest BCUT2D eigenvalue weighted by atomic mass is 10.2. The second-order valence-corrected chi connectivity index (χ2v) is 8.83. The average molecular weight is 478 g/mol. The van der Waals surface area contributed by atoms with Gasteiger partial charge in [0.15, 0.2) is 16.0 Å². The molecule has 1 N–H and O–H groups in total. The Labute approximate surface area is 182 Å². The molecule has 1 aromatic rings. The number of morpholine rings is 1. The number of alkyl halides is 3. The minimum atomic E-state index is -4.92. The van der Waals surface area contributed by atoms with Gasteiger partial charge in [0.05, 0.1) is 23.9 Å². The van der Waals surface area contributed by atoms with Crippen LogP contribution in [0.3, 0.4) is 0 Å². The molecule has 10 nitrogen and oxygen atoms in total. The van der Waals surface area contributed by atoms with Crippen LogP contribution in [0.4, 0.5) is 18.0 Å². The maximum Gasteiger partial charge on any atom is 0.573 e. The Kier molecular flexibility index (Phi) is 8.28. The molecule has 2 rings (SSSR count). The van der Waals surface area contributed by atoms with Crippen LogP contribution in [0.5, 0.6) is 5.75 Å². The molecule has 3 amide bonds. The first kappa shape index (κ1) is 25.2. The molecule has 1 aliphatic heterocycles. The van der Waals surface area contributed by atoms with E-state index in [9.17, 15) is 31.2 Å². The van der Waals surface area contributed by atoms with Gasteiger partial charge in [-0.15, -0.1) is 13.2 Å². The summed E-state index contributed by atoms with van der Waals surface area (Å²) in [5.41, 5.74) is 0. The monoisotopic (exact) mass is 478 g/mol. The van der Waals surface area contributed by atoms with Gasteiger partial charge in [0.25, 0.3) is 5.91 Å². The topological polar surface area (TPSA) is 129 Å². The number of hydrogen-bond donors (Lipinski definition) is 1. The largest absolute Gasteiger partial charge is 0.573 e. The number of ether oxygens (including phenoxy) is 2. The number of amides is 3. The summed E-state index contributed by atoms with van der Waals surface area (Å²) in [6.07, 6.45) is -3.68. The van der Waals surface area contributed by atoms with Gasteiger partial charge in [0.1, 0.15) is 11.8 Å². The highest BCUT2D eigenvalue weighted by atomic mass is 32.2. The number of sulfone groups is 1. The molecule has 1 atom stereocenters. The van der Waals surface area contributed by atoms with Crippen LogP contribution in [0, 0.1) is 11.5 Å². The standard InChI is InChI=1S/C18H21F3N4O6S/c1-24(12-22)16(26)15(23-17(27)25-7-9-30-10-8-25)6-11-32(28,29)14-4-2-13(3-5-14)31-18(19,20)21/h2-5,15H,6-11H2,1H3,(H,23,27)/t15-/m0/s1. The quantitative estimate of drug-likeness (QED) is 0.459. The molecule has 1 fully saturated rings. The number of rotatable bonds is 7. The zero-order valence-electron chi connectivity index (χ0n) is 17.0. The Hall–Kier alpha value is -3.05. The van der Waals surface area contributed by atoms with Crippen LogP contribution < -0.4 is 10.1 Å². The van der Waals surface area contributed by atoms with Gasteiger partial charge in [-0.25, -0.2) is 13.2 Å². The molecule has 0 bridgehead atoms. The van der Waals surface area contributed by atoms with Gasteiger partial charge in [-0.05, 0) is 30.7 Å². The SMILES string of the molecule is CN(C#N)C(=O)[C@H](CCS(=O)(=O)c1ccc(OC(F)(F)F)cc1)NC(=O)N1CCOCC1. The average Bonchev–Trinajstić information content (AvgIpc) is 2.75. The summed E-state index contributed by atoms with van der Waals surface area (Å²) in [7, 11) is -2.85. The van der Waals surface area contributed by atoms with Crippen LogP contribution in [-0.4, -0.2) is 81.7 Å². The van der Waals surface area contributed by atoms with Gasteiger partial charge < -0.3 is 19.7 Å². The van der Waals surface area contributed by atoms with Gasteiger partial charge in [-0.2, -0.15) is 5.26 Å². The van der Waals surface area contributed by atoms with E-state index in [4.69, 9.17) is 10.00 Å². The van der Waals surface area contributed by atoms with Crippen molar-refractivity contribution >= 4 is 21.8 Å². The molecule has 14 heteroatoms. The van der Waals surface area contributed by atoms with Gasteiger partial charge in [0, 0.05) is 20.1 Å². The van der Waals surface area contributed by atoms with E-state index < -0.39 is 45.7 Å². The molecule has 0 unspecified atom stereocenters. The summed E-state index contributed by atoms with van der Waals surface area (Å²) < 4.78 is 70.8. The molecular weight excluding hydrogens is 457 g/mol. The first-order valence-electron chi connectivity index (χ1n) is 9.32. The van der Waals surface area contributed by atoms with E-state index in [1.807, 2.05) is 0 Å². The van der Waals surface area contributed by atoms with Crippen molar-refractivity contribution in [1.29, 1.82) is 5.26 Å². The Morgan fingerprint density at radius 2 is 1.88 bits per heavy atom. The summed E-state index contributed by atoms with van der Waals surface area (Å²) in [5.74, 6) is -2.00. The third kappa shape index (κ3) is 7.27. The summed E-state index contributed by atoms with van der Waals surface area (Å²) >= 11 is 0. The molecule has 32 heavy (non-hydrogen) atoms. The third-order valence-electron chi connectivity index (χ3n) is 4.47. The van der Waals surface area contributed by atoms with E-state index in [-0.39, 0.29) is 24.4 Å². The number of carbonyl (C=O) groups is 2. The molecule has 1 aromatic carbocycles. The number of nitrogens with one attached hydrogen (secondary N) is 1. The van der Waals surface area contributed by atoms with E-state index in [1.165, 1.54) is 11.9 Å². The first-order chi connectivity index (χ1) is 14.9. The molecule has 0 saturated carbocycles. The van der Waals surface area contributed by atoms with Crippen LogP contribution in [0.2, 0.25) is 0 Å². The summed E-state index contributed by atoms with van der Waals surface area (Å²) in [6, 6.07) is 1.68. The van der Waals surface area contributed by atoms with E-state index in [2.05, 4.69) is 10.1 Å². The Morgan fingerprint density at radius 1 is 1.28 bits per heavy atom. The highest BCUT2D eigenvalue weighted by Crippen LogP contribution is 2.24. The van der Waals surface area contributed by atoms with E-state index in [0.29, 0.717) is 18.1 Å². The van der Waals surface area contributed by atoms with Crippen LogP contribution in [0.1, 0.15) is 6.42 Å². The smallest absolute Gasteiger partial charge is 0.406 e. The van der Waals surface area contributed by atoms with E-state index in [1.54, 1.807) is 6.19 Å². The number of nitriles is 1. The predicted molar refractivity (Wildman–Crippen MR) is 103 cm³/mol. The number of carbonyl (C=O) groups excluding carboxylic acids is 2. The van der Waals surface area contributed by atoms with E-state index in [0.717, 1.165) is 24.3 Å². The lowest BCUT2D eigenvalue weighted by molar-refractivity contribution is -0.274. The van der Waals surface area contributed by atoms with Gasteiger partial charge in [0.2, 0.25) is 0 Å². The fraction of sp³-hybridized carbons (Fsp3) is 0.500. The number of nitrogens with zero attached hydrogens (tertiary/aromatic N) is 3. The van der Waals surface area contributed by atoms with Crippen LogP contribution in [0.15, 0.2) is 29.2 Å². The normalized spacial score (nSPS) is 15.4. The lowest BCUT2D eigenvalue weighted by Crippen LogP contribution is -2.53. The molecule has 0 radical (unpaired) electrons. The molecular formula is C18H21F3N4O6S. The maximum absolute atomic E-state index is 12.6. The molecule has 176 valence electrons. The second-order valence-electron chi connectivity index (χ2n) is 6.73. The van der Waals surface area contributed by atoms with Crippen LogP contribution in [-0.2, 0) is 19.4 Å². The fourth-order valence-electron chi connectivity index (χ4n) is 2.79. The zero-order chi connectivity index (χ0) is 23.9. The molecule has 0 spiro atoms. The number of urea groups is 1. The van der Waals surface area contributed by atoms with Crippen molar-refractivity contribution in [3.8, 4) is 11.9 Å². The van der Waals surface area contributed by atoms with Crippen molar-refractivity contribution in [2.45, 2.75) is 23.7 Å². The number of likely N-dealkylation sites (N-methyl/N-ethyl adjacent to an activating group) is 1. The highest BCUT2D eigenvalue weighted by Gasteiger charge is 2.32. The first-order valence-corrected chi connectivity index (χ1v) is 11.0. The van der Waals surface area contributed by atoms with Crippen LogP contribution >= 0.6 is 0 Å². The third-order valence-corrected chi connectivity index (χ3v) is 6.23. The molecule has 0 aliphatic carbocycles. The number of benzene rings is 1. The van der Waals surface area contributed by atoms with Crippen molar-refractivity contribution in [3.05, 3.63) is 24.3 Å². The minimum absolute atomic E-state index is 0.283. The number of halogens is 3. The number of hydrogen-bond acceptors (Lipinski definition) is 7. The molecule has 0 aromatic heterocycles. The van der Waals surface area contributed by atoms with Gasteiger partial charge in [-0.3, -0.25) is 9.69 Å². The van der Waals surface area contributed by atoms with Crippen molar-refractivity contribution in [2.24, 2.45) is 0 Å². The predicted octanol–water partition coefficient (Wildman–Crippen LogP) is 1.10. The van der Waals surface area contributed by atoms with Crippen molar-refractivity contribution in [1.82, 2.24) is 15.1 Å². The van der Waals surface area contributed by atoms with Crippen LogP contribution in [0.25, 0.3) is 0 Å². The highest BCUT2D eigenvalue weighted by molar-refractivity contribution is 7.91. The summed E-state index contributed by atoms with van der Waals surface area (Å²) in [4.78, 5) is 26.6. The fourth-order valence-corrected chi connectivity index (χ4v) is 4.12. The molecule has 1 heterocycles. The lowest BCUT2D eigenvalue weighted by Gasteiger charge is -2.29. The van der Waals surface area contributed by atoms with E-state index >= 15 is 0 Å². The van der Waals surface area contributed by atoms with Crippen molar-refractivity contribution in [3.63, 3.8) is 0 Å². The molecule has 1 aliphatic rings. The zero-order valence-corrected chi connectivity index (χ0v) is 17.8. The molecule has 1 saturated heterocycles. The summed E-state index contributed by atoms with van der Waals surface area (Å²) in [6.45, 7) is 1.19. The van der Waals surface area contributed by atoms with Gasteiger partial charge in [-0.1, -0.05) is 0 Å². The Bertz CT molecular complexity index is 956. The van der Waals surface area contributed by atoms with Crippen molar-refractivity contribution in [2.75, 3.05) is 39.1 Å². The van der Waals surface area contributed by atoms with Crippen molar-refractivity contribution < 1.29 is 40.7 Å².